The number of nitrogens with zero attached hydrogens (tertiary/aromatic N) is 4. The van der Waals surface area contributed by atoms with Crippen molar-refractivity contribution in [2.24, 2.45) is 0 Å². The number of para-hydroxylation sites is 1. The maximum atomic E-state index is 13.4. The van der Waals surface area contributed by atoms with Crippen LogP contribution < -0.4 is 11.2 Å². The number of hydrogen-bond donors (Lipinski definition) is 0. The lowest BCUT2D eigenvalue weighted by Crippen LogP contribution is -2.39. The fourth-order valence-corrected chi connectivity index (χ4v) is 4.45. The van der Waals surface area contributed by atoms with Gasteiger partial charge in [0.05, 0.1) is 11.2 Å². The van der Waals surface area contributed by atoms with Crippen LogP contribution in [-0.2, 0) is 6.54 Å². The van der Waals surface area contributed by atoms with Crippen molar-refractivity contribution in [1.29, 1.82) is 0 Å². The summed E-state index contributed by atoms with van der Waals surface area (Å²) < 4.78 is 8.66. The van der Waals surface area contributed by atoms with Gasteiger partial charge in [0, 0.05) is 5.56 Å². The molecule has 154 valence electrons. The molecule has 5 aromatic rings. The monoisotopic (exact) mass is 430 g/mol. The van der Waals surface area contributed by atoms with Crippen molar-refractivity contribution in [2.75, 3.05) is 0 Å². The Morgan fingerprint density at radius 2 is 1.87 bits per heavy atom. The summed E-state index contributed by atoms with van der Waals surface area (Å²) in [6, 6.07) is 16.9. The SMILES string of the molecule is Cc1cccc(-c2noc(Cn3c(=O)n(-c4ccccc4C)c(=O)c4sccc43)n2)c1. The maximum absolute atomic E-state index is 13.4. The number of hydrogen-bond acceptors (Lipinski definition) is 6. The van der Waals surface area contributed by atoms with Gasteiger partial charge >= 0.3 is 5.69 Å². The zero-order valence-electron chi connectivity index (χ0n) is 16.9. The van der Waals surface area contributed by atoms with Gasteiger partial charge < -0.3 is 4.52 Å². The van der Waals surface area contributed by atoms with E-state index in [1.165, 1.54) is 20.5 Å². The number of fused-ring (bicyclic) bond motifs is 1. The molecule has 8 heteroatoms. The minimum atomic E-state index is -0.444. The molecule has 0 saturated carbocycles. The van der Waals surface area contributed by atoms with Crippen molar-refractivity contribution < 1.29 is 4.52 Å². The first kappa shape index (κ1) is 19.2. The molecule has 0 aliphatic carbocycles. The van der Waals surface area contributed by atoms with Crippen LogP contribution >= 0.6 is 11.3 Å². The van der Waals surface area contributed by atoms with Crippen molar-refractivity contribution in [3.8, 4) is 17.1 Å². The maximum Gasteiger partial charge on any atom is 0.336 e. The van der Waals surface area contributed by atoms with Crippen LogP contribution in [0.1, 0.15) is 17.0 Å². The van der Waals surface area contributed by atoms with Crippen LogP contribution in [0.25, 0.3) is 27.3 Å². The van der Waals surface area contributed by atoms with Gasteiger partial charge in [-0.2, -0.15) is 4.98 Å². The Morgan fingerprint density at radius 1 is 1.03 bits per heavy atom. The molecule has 5 rings (SSSR count). The van der Waals surface area contributed by atoms with Crippen LogP contribution in [0.15, 0.2) is 74.1 Å². The smallest absolute Gasteiger partial charge is 0.336 e. The summed E-state index contributed by atoms with van der Waals surface area (Å²) in [5.74, 6) is 0.752. The number of rotatable bonds is 4. The van der Waals surface area contributed by atoms with Gasteiger partial charge in [0.25, 0.3) is 5.56 Å². The van der Waals surface area contributed by atoms with Gasteiger partial charge in [0.1, 0.15) is 11.2 Å². The van der Waals surface area contributed by atoms with Gasteiger partial charge in [-0.3, -0.25) is 9.36 Å². The molecule has 0 N–H and O–H groups in total. The van der Waals surface area contributed by atoms with Crippen molar-refractivity contribution in [2.45, 2.75) is 20.4 Å². The third-order valence-electron chi connectivity index (χ3n) is 5.15. The Morgan fingerprint density at radius 3 is 2.68 bits per heavy atom. The highest BCUT2D eigenvalue weighted by molar-refractivity contribution is 7.17. The molecule has 0 amide bonds. The Kier molecular flexibility index (Phi) is 4.63. The highest BCUT2D eigenvalue weighted by atomic mass is 32.1. The van der Waals surface area contributed by atoms with Gasteiger partial charge in [-0.25, -0.2) is 9.36 Å². The van der Waals surface area contributed by atoms with E-state index in [2.05, 4.69) is 10.1 Å². The van der Waals surface area contributed by atoms with Crippen LogP contribution in [-0.4, -0.2) is 19.3 Å². The summed E-state index contributed by atoms with van der Waals surface area (Å²) in [4.78, 5) is 31.0. The van der Waals surface area contributed by atoms with Crippen molar-refractivity contribution >= 4 is 21.6 Å². The average Bonchev–Trinajstić information content (AvgIpc) is 3.42. The Bertz CT molecular complexity index is 1540. The molecule has 0 fully saturated rings. The van der Waals surface area contributed by atoms with Gasteiger partial charge in [-0.05, 0) is 43.0 Å². The number of aromatic nitrogens is 4. The molecule has 0 aliphatic rings. The second kappa shape index (κ2) is 7.48. The minimum Gasteiger partial charge on any atom is -0.337 e. The highest BCUT2D eigenvalue weighted by Crippen LogP contribution is 2.20. The zero-order valence-corrected chi connectivity index (χ0v) is 17.7. The Balaban J connectivity index is 1.65. The van der Waals surface area contributed by atoms with Crippen molar-refractivity contribution in [3.05, 3.63) is 97.8 Å². The second-order valence-corrected chi connectivity index (χ2v) is 8.23. The van der Waals surface area contributed by atoms with Crippen molar-refractivity contribution in [1.82, 2.24) is 19.3 Å². The fourth-order valence-electron chi connectivity index (χ4n) is 3.62. The molecule has 0 saturated heterocycles. The lowest BCUT2D eigenvalue weighted by atomic mass is 10.1. The van der Waals surface area contributed by atoms with Gasteiger partial charge in [-0.15, -0.1) is 11.3 Å². The molecule has 0 spiro atoms. The van der Waals surface area contributed by atoms with E-state index in [-0.39, 0.29) is 12.1 Å². The predicted molar refractivity (Wildman–Crippen MR) is 120 cm³/mol. The summed E-state index contributed by atoms with van der Waals surface area (Å²) in [5, 5.41) is 5.87. The summed E-state index contributed by atoms with van der Waals surface area (Å²) in [6.45, 7) is 3.93. The molecule has 0 radical (unpaired) electrons. The Hall–Kier alpha value is -3.78. The summed E-state index contributed by atoms with van der Waals surface area (Å²) >= 11 is 1.31. The molecule has 0 unspecified atom stereocenters. The molecule has 31 heavy (non-hydrogen) atoms. The largest absolute Gasteiger partial charge is 0.337 e. The van der Waals surface area contributed by atoms with Crippen LogP contribution in [0.3, 0.4) is 0 Å². The number of benzene rings is 2. The van der Waals surface area contributed by atoms with Gasteiger partial charge in [0.2, 0.25) is 11.7 Å². The van der Waals surface area contributed by atoms with Crippen molar-refractivity contribution in [3.63, 3.8) is 0 Å². The molecular formula is C23H18N4O3S. The number of aryl methyl sites for hydroxylation is 2. The van der Waals surface area contributed by atoms with E-state index >= 15 is 0 Å². The third-order valence-corrected chi connectivity index (χ3v) is 6.04. The lowest BCUT2D eigenvalue weighted by Gasteiger charge is -2.12. The predicted octanol–water partition coefficient (Wildman–Crippen LogP) is 3.93. The van der Waals surface area contributed by atoms with E-state index in [1.54, 1.807) is 17.5 Å². The molecular weight excluding hydrogens is 412 g/mol. The standard InChI is InChI=1S/C23H18N4O3S/c1-14-6-5-8-16(12-14)21-24-19(30-25-21)13-26-18-10-11-31-20(18)22(28)27(23(26)29)17-9-4-3-7-15(17)2/h3-12H,13H2,1-2H3. The molecule has 2 aromatic carbocycles. The lowest BCUT2D eigenvalue weighted by molar-refractivity contribution is 0.370. The summed E-state index contributed by atoms with van der Waals surface area (Å²) in [6.07, 6.45) is 0. The van der Waals surface area contributed by atoms with E-state index in [1.807, 2.05) is 56.3 Å². The van der Waals surface area contributed by atoms with Crippen LogP contribution in [0.4, 0.5) is 0 Å². The van der Waals surface area contributed by atoms with E-state index in [9.17, 15) is 9.59 Å². The third kappa shape index (κ3) is 3.30. The van der Waals surface area contributed by atoms with Crippen LogP contribution in [0, 0.1) is 13.8 Å². The molecule has 0 bridgehead atoms. The minimum absolute atomic E-state index is 0.0665. The highest BCUT2D eigenvalue weighted by Gasteiger charge is 2.19. The molecule has 0 aliphatic heterocycles. The summed E-state index contributed by atoms with van der Waals surface area (Å²) in [7, 11) is 0. The van der Waals surface area contributed by atoms with E-state index < -0.39 is 5.69 Å². The normalized spacial score (nSPS) is 11.3. The molecule has 0 atom stereocenters. The number of thiophene rings is 1. The van der Waals surface area contributed by atoms with Gasteiger partial charge in [-0.1, -0.05) is 47.1 Å². The first-order valence-corrected chi connectivity index (χ1v) is 10.6. The molecule has 3 aromatic heterocycles. The quantitative estimate of drug-likeness (QED) is 0.431. The zero-order chi connectivity index (χ0) is 21.5. The molecule has 3 heterocycles. The van der Waals surface area contributed by atoms with Crippen LogP contribution in [0.2, 0.25) is 0 Å². The first-order valence-electron chi connectivity index (χ1n) is 9.71. The Labute approximate surface area is 180 Å². The second-order valence-electron chi connectivity index (χ2n) is 7.31. The van der Waals surface area contributed by atoms with Crippen LogP contribution in [0.5, 0.6) is 0 Å². The average molecular weight is 430 g/mol. The van der Waals surface area contributed by atoms with E-state index in [0.29, 0.717) is 27.6 Å². The summed E-state index contributed by atoms with van der Waals surface area (Å²) in [5.41, 5.74) is 3.11. The van der Waals surface area contributed by atoms with E-state index in [0.717, 1.165) is 16.7 Å². The van der Waals surface area contributed by atoms with E-state index in [4.69, 9.17) is 4.52 Å². The topological polar surface area (TPSA) is 82.9 Å². The molecule has 7 nitrogen and oxygen atoms in total. The van der Waals surface area contributed by atoms with Gasteiger partial charge in [0.15, 0.2) is 0 Å². The first-order chi connectivity index (χ1) is 15.0. The fraction of sp³-hybridized carbons (Fsp3) is 0.130.